The number of hydrogen-bond donors (Lipinski definition) is 1. The Bertz CT molecular complexity index is 614. The first-order valence-electron chi connectivity index (χ1n) is 7.29. The molecule has 0 radical (unpaired) electrons. The van der Waals surface area contributed by atoms with Gasteiger partial charge in [-0.3, -0.25) is 4.79 Å². The van der Waals surface area contributed by atoms with Crippen LogP contribution in [0.2, 0.25) is 0 Å². The molecule has 0 spiro atoms. The predicted molar refractivity (Wildman–Crippen MR) is 84.9 cm³/mol. The molecule has 124 valence electrons. The van der Waals surface area contributed by atoms with Gasteiger partial charge in [0.15, 0.2) is 0 Å². The standard InChI is InChI=1S/C17H22N2O4/c1-17(2,3)23-16(22)19(4)11-14(15(20)21)9-12-7-5-6-8-13(12)10-18/h5-8,14H,9,11H2,1-4H3,(H,20,21). The zero-order chi connectivity index (χ0) is 17.6. The number of aliphatic carboxylic acids is 1. The normalized spacial score (nSPS) is 12.1. The van der Waals surface area contributed by atoms with E-state index in [0.717, 1.165) is 0 Å². The minimum Gasteiger partial charge on any atom is -0.481 e. The highest BCUT2D eigenvalue weighted by atomic mass is 16.6. The summed E-state index contributed by atoms with van der Waals surface area (Å²) in [6.07, 6.45) is -0.399. The van der Waals surface area contributed by atoms with Crippen molar-refractivity contribution in [1.82, 2.24) is 4.90 Å². The lowest BCUT2D eigenvalue weighted by Crippen LogP contribution is -2.39. The van der Waals surface area contributed by atoms with E-state index in [1.165, 1.54) is 11.9 Å². The Morgan fingerprint density at radius 1 is 1.35 bits per heavy atom. The summed E-state index contributed by atoms with van der Waals surface area (Å²) in [4.78, 5) is 24.7. The lowest BCUT2D eigenvalue weighted by Gasteiger charge is -2.26. The van der Waals surface area contributed by atoms with E-state index in [0.29, 0.717) is 11.1 Å². The first kappa shape index (κ1) is 18.5. The molecule has 0 heterocycles. The molecular formula is C17H22N2O4. The van der Waals surface area contributed by atoms with E-state index in [-0.39, 0.29) is 13.0 Å². The van der Waals surface area contributed by atoms with Crippen LogP contribution in [0.1, 0.15) is 31.9 Å². The van der Waals surface area contributed by atoms with E-state index < -0.39 is 23.6 Å². The number of carbonyl (C=O) groups excluding carboxylic acids is 1. The van der Waals surface area contributed by atoms with Gasteiger partial charge in [0.25, 0.3) is 0 Å². The summed E-state index contributed by atoms with van der Waals surface area (Å²) in [5, 5.41) is 18.5. The molecule has 6 nitrogen and oxygen atoms in total. The van der Waals surface area contributed by atoms with E-state index in [4.69, 9.17) is 10.00 Å². The highest BCUT2D eigenvalue weighted by molar-refractivity contribution is 5.73. The van der Waals surface area contributed by atoms with Gasteiger partial charge < -0.3 is 14.7 Å². The third kappa shape index (κ3) is 5.99. The van der Waals surface area contributed by atoms with Crippen LogP contribution in [-0.4, -0.2) is 41.3 Å². The molecule has 1 amide bonds. The molecular weight excluding hydrogens is 296 g/mol. The summed E-state index contributed by atoms with van der Waals surface area (Å²) >= 11 is 0. The fourth-order valence-electron chi connectivity index (χ4n) is 2.05. The van der Waals surface area contributed by atoms with Gasteiger partial charge in [0.2, 0.25) is 0 Å². The number of ether oxygens (including phenoxy) is 1. The number of benzene rings is 1. The van der Waals surface area contributed by atoms with Gasteiger partial charge in [-0.1, -0.05) is 18.2 Å². The topological polar surface area (TPSA) is 90.6 Å². The van der Waals surface area contributed by atoms with Crippen molar-refractivity contribution < 1.29 is 19.4 Å². The minimum atomic E-state index is -1.02. The van der Waals surface area contributed by atoms with Crippen LogP contribution in [-0.2, 0) is 16.0 Å². The summed E-state index contributed by atoms with van der Waals surface area (Å²) in [6.45, 7) is 5.24. The molecule has 0 bridgehead atoms. The molecule has 23 heavy (non-hydrogen) atoms. The lowest BCUT2D eigenvalue weighted by molar-refractivity contribution is -0.142. The third-order valence-corrected chi connectivity index (χ3v) is 3.15. The molecule has 1 rings (SSSR count). The molecule has 1 atom stereocenters. The second kappa shape index (κ2) is 7.63. The van der Waals surface area contributed by atoms with Gasteiger partial charge in [0.1, 0.15) is 5.60 Å². The Balaban J connectivity index is 2.82. The van der Waals surface area contributed by atoms with Crippen LogP contribution in [0, 0.1) is 17.2 Å². The maximum atomic E-state index is 12.0. The monoisotopic (exact) mass is 318 g/mol. The van der Waals surface area contributed by atoms with Crippen LogP contribution in [0.25, 0.3) is 0 Å². The Kier molecular flexibility index (Phi) is 6.14. The van der Waals surface area contributed by atoms with Crippen molar-refractivity contribution in [3.63, 3.8) is 0 Å². The van der Waals surface area contributed by atoms with E-state index in [1.807, 2.05) is 6.07 Å². The molecule has 0 aliphatic rings. The first-order valence-corrected chi connectivity index (χ1v) is 7.29. The SMILES string of the molecule is CN(CC(Cc1ccccc1C#N)C(=O)O)C(=O)OC(C)(C)C. The lowest BCUT2D eigenvalue weighted by atomic mass is 9.95. The van der Waals surface area contributed by atoms with Gasteiger partial charge in [-0.05, 0) is 38.8 Å². The second-order valence-corrected chi connectivity index (χ2v) is 6.37. The van der Waals surface area contributed by atoms with E-state index >= 15 is 0 Å². The number of hydrogen-bond acceptors (Lipinski definition) is 4. The zero-order valence-electron chi connectivity index (χ0n) is 13.9. The second-order valence-electron chi connectivity index (χ2n) is 6.37. The molecule has 0 saturated carbocycles. The average Bonchev–Trinajstić information content (AvgIpc) is 2.45. The largest absolute Gasteiger partial charge is 0.481 e. The van der Waals surface area contributed by atoms with E-state index in [2.05, 4.69) is 0 Å². The van der Waals surface area contributed by atoms with E-state index in [1.54, 1.807) is 45.0 Å². The number of rotatable bonds is 5. The van der Waals surface area contributed by atoms with Crippen molar-refractivity contribution in [3.8, 4) is 6.07 Å². The van der Waals surface area contributed by atoms with E-state index in [9.17, 15) is 14.7 Å². The highest BCUT2D eigenvalue weighted by Crippen LogP contribution is 2.16. The van der Waals surface area contributed by atoms with Gasteiger partial charge in [0.05, 0.1) is 17.6 Å². The number of carbonyl (C=O) groups is 2. The van der Waals surface area contributed by atoms with Crippen molar-refractivity contribution in [1.29, 1.82) is 5.26 Å². The Morgan fingerprint density at radius 2 is 1.96 bits per heavy atom. The molecule has 1 aromatic rings. The minimum absolute atomic E-state index is 0.00398. The van der Waals surface area contributed by atoms with Crippen molar-refractivity contribution in [2.45, 2.75) is 32.8 Å². The van der Waals surface area contributed by atoms with Gasteiger partial charge in [-0.2, -0.15) is 5.26 Å². The molecule has 0 aliphatic heterocycles. The van der Waals surface area contributed by atoms with Crippen LogP contribution >= 0.6 is 0 Å². The third-order valence-electron chi connectivity index (χ3n) is 3.15. The van der Waals surface area contributed by atoms with Crippen LogP contribution < -0.4 is 0 Å². The smallest absolute Gasteiger partial charge is 0.410 e. The molecule has 0 fully saturated rings. The van der Waals surface area contributed by atoms with Gasteiger partial charge in [0, 0.05) is 13.6 Å². The molecule has 1 N–H and O–H groups in total. The highest BCUT2D eigenvalue weighted by Gasteiger charge is 2.26. The van der Waals surface area contributed by atoms with Crippen molar-refractivity contribution >= 4 is 12.1 Å². The fourth-order valence-corrected chi connectivity index (χ4v) is 2.05. The quantitative estimate of drug-likeness (QED) is 0.901. The summed E-state index contributed by atoms with van der Waals surface area (Å²) in [6, 6.07) is 8.90. The van der Waals surface area contributed by atoms with Crippen LogP contribution in [0.4, 0.5) is 4.79 Å². The molecule has 0 aromatic heterocycles. The van der Waals surface area contributed by atoms with Gasteiger partial charge >= 0.3 is 12.1 Å². The maximum Gasteiger partial charge on any atom is 0.410 e. The Morgan fingerprint density at radius 3 is 2.48 bits per heavy atom. The zero-order valence-corrected chi connectivity index (χ0v) is 13.9. The number of amides is 1. The van der Waals surface area contributed by atoms with Crippen molar-refractivity contribution in [2.24, 2.45) is 5.92 Å². The Labute approximate surface area is 136 Å². The molecule has 0 aliphatic carbocycles. The van der Waals surface area contributed by atoms with Crippen LogP contribution in [0.5, 0.6) is 0 Å². The summed E-state index contributed by atoms with van der Waals surface area (Å²) in [5.74, 6) is -1.84. The van der Waals surface area contributed by atoms with Crippen molar-refractivity contribution in [3.05, 3.63) is 35.4 Å². The Hall–Kier alpha value is -2.55. The molecule has 1 unspecified atom stereocenters. The average molecular weight is 318 g/mol. The molecule has 1 aromatic carbocycles. The van der Waals surface area contributed by atoms with Crippen LogP contribution in [0.3, 0.4) is 0 Å². The number of carboxylic acids is 1. The fraction of sp³-hybridized carbons (Fsp3) is 0.471. The molecule has 6 heteroatoms. The van der Waals surface area contributed by atoms with Crippen LogP contribution in [0.15, 0.2) is 24.3 Å². The summed E-state index contributed by atoms with van der Waals surface area (Å²) in [5.41, 5.74) is 0.455. The number of nitrogens with zero attached hydrogens (tertiary/aromatic N) is 2. The predicted octanol–water partition coefficient (Wildman–Crippen LogP) is 2.67. The number of carboxylic acid groups (broad SMARTS) is 1. The first-order chi connectivity index (χ1) is 10.6. The maximum absolute atomic E-state index is 12.0. The van der Waals surface area contributed by atoms with Gasteiger partial charge in [-0.25, -0.2) is 4.79 Å². The summed E-state index contributed by atoms with van der Waals surface area (Å²) < 4.78 is 5.22. The number of nitriles is 1. The van der Waals surface area contributed by atoms with Crippen molar-refractivity contribution in [2.75, 3.05) is 13.6 Å². The molecule has 0 saturated heterocycles. The van der Waals surface area contributed by atoms with Gasteiger partial charge in [-0.15, -0.1) is 0 Å². The summed E-state index contributed by atoms with van der Waals surface area (Å²) in [7, 11) is 1.50.